The Bertz CT molecular complexity index is 452. The highest BCUT2D eigenvalue weighted by atomic mass is 35.5. The van der Waals surface area contributed by atoms with Crippen LogP contribution in [0.1, 0.15) is 12.8 Å². The molecule has 2 rings (SSSR count). The lowest BCUT2D eigenvalue weighted by atomic mass is 10.3. The van der Waals surface area contributed by atoms with E-state index in [1.807, 2.05) is 0 Å². The van der Waals surface area contributed by atoms with E-state index < -0.39 is 11.8 Å². The van der Waals surface area contributed by atoms with Gasteiger partial charge in [0.15, 0.2) is 5.82 Å². The van der Waals surface area contributed by atoms with E-state index in [1.165, 1.54) is 17.0 Å². The van der Waals surface area contributed by atoms with Crippen LogP contribution in [0.3, 0.4) is 0 Å². The predicted molar refractivity (Wildman–Crippen MR) is 67.2 cm³/mol. The van der Waals surface area contributed by atoms with Gasteiger partial charge in [-0.3, -0.25) is 0 Å². The van der Waals surface area contributed by atoms with Crippen LogP contribution in [-0.4, -0.2) is 35.2 Å². The molecule has 2 N–H and O–H groups in total. The first kappa shape index (κ1) is 13.1. The summed E-state index contributed by atoms with van der Waals surface area (Å²) in [7, 11) is 0. The van der Waals surface area contributed by atoms with Gasteiger partial charge in [-0.15, -0.1) is 0 Å². The normalized spacial score (nSPS) is 14.4. The van der Waals surface area contributed by atoms with Gasteiger partial charge >= 0.3 is 6.03 Å². The monoisotopic (exact) mass is 272 g/mol. The number of rotatable bonds is 4. The molecule has 98 valence electrons. The highest BCUT2D eigenvalue weighted by Crippen LogP contribution is 2.28. The Hall–Kier alpha value is -1.33. The average Bonchev–Trinajstić information content (AvgIpc) is 3.16. The molecule has 1 aliphatic carbocycles. The number of urea groups is 1. The van der Waals surface area contributed by atoms with Gasteiger partial charge in [0, 0.05) is 12.6 Å². The molecule has 1 fully saturated rings. The van der Waals surface area contributed by atoms with Crippen LogP contribution >= 0.6 is 11.6 Å². The summed E-state index contributed by atoms with van der Waals surface area (Å²) in [4.78, 5) is 13.5. The van der Waals surface area contributed by atoms with Gasteiger partial charge < -0.3 is 15.3 Å². The van der Waals surface area contributed by atoms with Crippen LogP contribution in [0.25, 0.3) is 0 Å². The molecule has 1 aromatic rings. The Kier molecular flexibility index (Phi) is 4.04. The summed E-state index contributed by atoms with van der Waals surface area (Å²) < 4.78 is 13.6. The number of nitrogens with zero attached hydrogens (tertiary/aromatic N) is 1. The number of halogens is 2. The van der Waals surface area contributed by atoms with Crippen LogP contribution < -0.4 is 5.32 Å². The van der Waals surface area contributed by atoms with Gasteiger partial charge in [-0.25, -0.2) is 9.18 Å². The highest BCUT2D eigenvalue weighted by molar-refractivity contribution is 6.31. The zero-order valence-electron chi connectivity index (χ0n) is 9.70. The number of hydrogen-bond donors (Lipinski definition) is 2. The Morgan fingerprint density at radius 2 is 2.28 bits per heavy atom. The second-order valence-corrected chi connectivity index (χ2v) is 4.59. The number of hydrogen-bond acceptors (Lipinski definition) is 2. The fourth-order valence-corrected chi connectivity index (χ4v) is 1.91. The molecule has 0 heterocycles. The summed E-state index contributed by atoms with van der Waals surface area (Å²) in [5, 5.41) is 11.3. The predicted octanol–water partition coefficient (Wildman–Crippen LogP) is 2.47. The van der Waals surface area contributed by atoms with Crippen molar-refractivity contribution in [1.29, 1.82) is 0 Å². The maximum Gasteiger partial charge on any atom is 0.322 e. The lowest BCUT2D eigenvalue weighted by Gasteiger charge is -2.22. The SMILES string of the molecule is O=C(Nc1cccc(Cl)c1F)N(CCO)C1CC1. The smallest absolute Gasteiger partial charge is 0.322 e. The standard InChI is InChI=1S/C12H14ClFN2O2/c13-9-2-1-3-10(11(9)14)15-12(18)16(6-7-17)8-4-5-8/h1-3,8,17H,4-7H2,(H,15,18). The number of benzene rings is 1. The van der Waals surface area contributed by atoms with Gasteiger partial charge in [0.2, 0.25) is 0 Å². The van der Waals surface area contributed by atoms with Crippen LogP contribution in [0.2, 0.25) is 5.02 Å². The number of carbonyl (C=O) groups is 1. The Labute approximate surface area is 109 Å². The summed E-state index contributed by atoms with van der Waals surface area (Å²) in [6.07, 6.45) is 1.84. The largest absolute Gasteiger partial charge is 0.395 e. The first-order valence-corrected chi connectivity index (χ1v) is 6.13. The molecule has 0 bridgehead atoms. The number of nitrogens with one attached hydrogen (secondary N) is 1. The van der Waals surface area contributed by atoms with Gasteiger partial charge in [-0.2, -0.15) is 0 Å². The van der Waals surface area contributed by atoms with Crippen molar-refractivity contribution in [2.75, 3.05) is 18.5 Å². The minimum absolute atomic E-state index is 0.0343. The number of carbonyl (C=O) groups excluding carboxylic acids is 1. The lowest BCUT2D eigenvalue weighted by Crippen LogP contribution is -2.38. The number of aliphatic hydroxyl groups excluding tert-OH is 1. The van der Waals surface area contributed by atoms with Gasteiger partial charge in [-0.1, -0.05) is 17.7 Å². The molecule has 6 heteroatoms. The maximum absolute atomic E-state index is 13.6. The molecule has 4 nitrogen and oxygen atoms in total. The zero-order valence-corrected chi connectivity index (χ0v) is 10.5. The molecule has 1 saturated carbocycles. The van der Waals surface area contributed by atoms with E-state index in [2.05, 4.69) is 5.32 Å². The minimum Gasteiger partial charge on any atom is -0.395 e. The van der Waals surface area contributed by atoms with Gasteiger partial charge in [0.25, 0.3) is 0 Å². The third kappa shape index (κ3) is 2.91. The van der Waals surface area contributed by atoms with Gasteiger partial charge in [-0.05, 0) is 25.0 Å². The molecule has 2 amide bonds. The van der Waals surface area contributed by atoms with E-state index >= 15 is 0 Å². The van der Waals surface area contributed by atoms with Crippen LogP contribution in [0.15, 0.2) is 18.2 Å². The third-order valence-electron chi connectivity index (χ3n) is 2.78. The van der Waals surface area contributed by atoms with Crippen LogP contribution in [0, 0.1) is 5.82 Å². The van der Waals surface area contributed by atoms with Crippen molar-refractivity contribution < 1.29 is 14.3 Å². The van der Waals surface area contributed by atoms with Crippen molar-refractivity contribution >= 4 is 23.3 Å². The number of amides is 2. The van der Waals surface area contributed by atoms with Crippen LogP contribution in [0.5, 0.6) is 0 Å². The van der Waals surface area contributed by atoms with Crippen LogP contribution in [-0.2, 0) is 0 Å². The van der Waals surface area contributed by atoms with E-state index in [0.29, 0.717) is 0 Å². The third-order valence-corrected chi connectivity index (χ3v) is 3.07. The second kappa shape index (κ2) is 5.54. The van der Waals surface area contributed by atoms with Crippen molar-refractivity contribution in [1.82, 2.24) is 4.90 Å². The van der Waals surface area contributed by atoms with Crippen molar-refractivity contribution in [3.8, 4) is 0 Å². The van der Waals surface area contributed by atoms with Crippen molar-refractivity contribution in [3.05, 3.63) is 29.0 Å². The summed E-state index contributed by atoms with van der Waals surface area (Å²) in [6.45, 7) is 0.140. The zero-order chi connectivity index (χ0) is 13.1. The molecule has 0 spiro atoms. The van der Waals surface area contributed by atoms with Gasteiger partial charge in [0.05, 0.1) is 17.3 Å². The van der Waals surface area contributed by atoms with E-state index in [-0.39, 0.29) is 29.9 Å². The summed E-state index contributed by atoms with van der Waals surface area (Å²) in [5.41, 5.74) is 0.0519. The number of aliphatic hydroxyl groups is 1. The number of anilines is 1. The van der Waals surface area contributed by atoms with E-state index in [0.717, 1.165) is 12.8 Å². The molecular weight excluding hydrogens is 259 g/mol. The molecule has 0 aromatic heterocycles. The molecule has 0 unspecified atom stereocenters. The van der Waals surface area contributed by atoms with Crippen LogP contribution in [0.4, 0.5) is 14.9 Å². The molecule has 18 heavy (non-hydrogen) atoms. The van der Waals surface area contributed by atoms with E-state index in [4.69, 9.17) is 16.7 Å². The topological polar surface area (TPSA) is 52.6 Å². The molecule has 0 atom stereocenters. The molecule has 0 saturated heterocycles. The summed E-state index contributed by atoms with van der Waals surface area (Å²) in [6, 6.07) is 4.17. The maximum atomic E-state index is 13.6. The quantitative estimate of drug-likeness (QED) is 0.885. The Balaban J connectivity index is 2.07. The lowest BCUT2D eigenvalue weighted by molar-refractivity contribution is 0.185. The first-order valence-electron chi connectivity index (χ1n) is 5.76. The Morgan fingerprint density at radius 3 is 2.89 bits per heavy atom. The summed E-state index contributed by atoms with van der Waals surface area (Å²) >= 11 is 5.63. The van der Waals surface area contributed by atoms with Crippen molar-refractivity contribution in [2.45, 2.75) is 18.9 Å². The summed E-state index contributed by atoms with van der Waals surface area (Å²) in [5.74, 6) is -0.646. The fraction of sp³-hybridized carbons (Fsp3) is 0.417. The molecular formula is C12H14ClFN2O2. The molecule has 1 aliphatic rings. The molecule has 0 aliphatic heterocycles. The minimum atomic E-state index is -0.646. The van der Waals surface area contributed by atoms with Crippen molar-refractivity contribution in [2.24, 2.45) is 0 Å². The van der Waals surface area contributed by atoms with E-state index in [1.54, 1.807) is 6.07 Å². The highest BCUT2D eigenvalue weighted by Gasteiger charge is 2.32. The van der Waals surface area contributed by atoms with E-state index in [9.17, 15) is 9.18 Å². The molecule has 1 aromatic carbocycles. The van der Waals surface area contributed by atoms with Crippen molar-refractivity contribution in [3.63, 3.8) is 0 Å². The first-order chi connectivity index (χ1) is 8.63. The fourth-order valence-electron chi connectivity index (χ4n) is 1.73. The Morgan fingerprint density at radius 1 is 1.56 bits per heavy atom. The van der Waals surface area contributed by atoms with Gasteiger partial charge in [0.1, 0.15) is 0 Å². The molecule has 0 radical (unpaired) electrons. The second-order valence-electron chi connectivity index (χ2n) is 4.18. The average molecular weight is 273 g/mol.